The number of likely N-dealkylation sites (tertiary alicyclic amines) is 2. The van der Waals surface area contributed by atoms with E-state index in [0.717, 1.165) is 38.5 Å². The number of carboxylic acids is 1. The van der Waals surface area contributed by atoms with E-state index in [1.165, 1.54) is 0 Å². The van der Waals surface area contributed by atoms with Crippen LogP contribution in [0.3, 0.4) is 0 Å². The second-order valence-corrected chi connectivity index (χ2v) is 7.22. The number of hydrogen-bond acceptors (Lipinski definition) is 3. The van der Waals surface area contributed by atoms with E-state index < -0.39 is 11.9 Å². The Kier molecular flexibility index (Phi) is 4.87. The van der Waals surface area contributed by atoms with E-state index >= 15 is 0 Å². The standard InChI is InChI=1S/C17H26N2O4/c20-15-5-3-1-2-4-8-18(15)11-16(21)19-9-13(12-6-7-12)14(10-19)17(22)23/h12-14H,1-11H2,(H,22,23)/t13-,14+/m1/s1. The van der Waals surface area contributed by atoms with E-state index in [2.05, 4.69) is 0 Å². The lowest BCUT2D eigenvalue weighted by Gasteiger charge is -2.26. The Balaban J connectivity index is 1.59. The molecule has 1 N–H and O–H groups in total. The molecular formula is C17H26N2O4. The van der Waals surface area contributed by atoms with Crippen LogP contribution in [0.4, 0.5) is 0 Å². The minimum atomic E-state index is -0.792. The molecular weight excluding hydrogens is 296 g/mol. The first-order chi connectivity index (χ1) is 11.1. The maximum Gasteiger partial charge on any atom is 0.308 e. The fraction of sp³-hybridized carbons (Fsp3) is 0.824. The maximum atomic E-state index is 12.6. The van der Waals surface area contributed by atoms with Crippen LogP contribution in [0, 0.1) is 17.8 Å². The summed E-state index contributed by atoms with van der Waals surface area (Å²) in [6.07, 6.45) is 6.73. The van der Waals surface area contributed by atoms with Crippen LogP contribution in [0.15, 0.2) is 0 Å². The number of rotatable bonds is 4. The minimum Gasteiger partial charge on any atom is -0.481 e. The Morgan fingerprint density at radius 2 is 1.83 bits per heavy atom. The van der Waals surface area contributed by atoms with Gasteiger partial charge in [-0.25, -0.2) is 0 Å². The van der Waals surface area contributed by atoms with Crippen LogP contribution in [0.5, 0.6) is 0 Å². The van der Waals surface area contributed by atoms with Gasteiger partial charge in [0.2, 0.25) is 11.8 Å². The Morgan fingerprint density at radius 3 is 2.52 bits per heavy atom. The highest BCUT2D eigenvalue weighted by atomic mass is 16.4. The van der Waals surface area contributed by atoms with Crippen LogP contribution in [0.25, 0.3) is 0 Å². The lowest BCUT2D eigenvalue weighted by Crippen LogP contribution is -2.43. The van der Waals surface area contributed by atoms with Crippen LogP contribution in [0.2, 0.25) is 0 Å². The Hall–Kier alpha value is -1.59. The van der Waals surface area contributed by atoms with Gasteiger partial charge in [0.15, 0.2) is 0 Å². The molecule has 3 aliphatic rings. The topological polar surface area (TPSA) is 77.9 Å². The number of amides is 2. The van der Waals surface area contributed by atoms with E-state index in [4.69, 9.17) is 0 Å². The van der Waals surface area contributed by atoms with Gasteiger partial charge in [-0.05, 0) is 37.5 Å². The van der Waals surface area contributed by atoms with Crippen molar-refractivity contribution >= 4 is 17.8 Å². The molecule has 1 saturated carbocycles. The fourth-order valence-corrected chi connectivity index (χ4v) is 3.94. The molecule has 0 aromatic carbocycles. The predicted molar refractivity (Wildman–Crippen MR) is 83.6 cm³/mol. The summed E-state index contributed by atoms with van der Waals surface area (Å²) in [5.41, 5.74) is 0. The zero-order chi connectivity index (χ0) is 16.4. The van der Waals surface area contributed by atoms with Gasteiger partial charge < -0.3 is 14.9 Å². The molecule has 0 bridgehead atoms. The molecule has 2 saturated heterocycles. The molecule has 2 aliphatic heterocycles. The molecule has 23 heavy (non-hydrogen) atoms. The molecule has 3 rings (SSSR count). The zero-order valence-electron chi connectivity index (χ0n) is 13.6. The van der Waals surface area contributed by atoms with Gasteiger partial charge in [-0.2, -0.15) is 0 Å². The molecule has 128 valence electrons. The highest BCUT2D eigenvalue weighted by molar-refractivity contribution is 5.85. The average Bonchev–Trinajstić information content (AvgIpc) is 3.24. The Bertz CT molecular complexity index is 489. The summed E-state index contributed by atoms with van der Waals surface area (Å²) in [7, 11) is 0. The van der Waals surface area contributed by atoms with Gasteiger partial charge in [0.05, 0.1) is 12.5 Å². The molecule has 0 aromatic heterocycles. The molecule has 2 amide bonds. The molecule has 3 fully saturated rings. The number of carbonyl (C=O) groups excluding carboxylic acids is 2. The first kappa shape index (κ1) is 16.3. The number of carbonyl (C=O) groups is 3. The second-order valence-electron chi connectivity index (χ2n) is 7.22. The molecule has 6 nitrogen and oxygen atoms in total. The molecule has 6 heteroatoms. The van der Waals surface area contributed by atoms with E-state index in [1.54, 1.807) is 9.80 Å². The summed E-state index contributed by atoms with van der Waals surface area (Å²) in [6.45, 7) is 1.61. The molecule has 0 aromatic rings. The lowest BCUT2D eigenvalue weighted by atomic mass is 9.92. The van der Waals surface area contributed by atoms with Crippen molar-refractivity contribution in [1.29, 1.82) is 0 Å². The quantitative estimate of drug-likeness (QED) is 0.847. The number of nitrogens with zero attached hydrogens (tertiary/aromatic N) is 2. The SMILES string of the molecule is O=C(O)[C@H]1CN(C(=O)CN2CCCCCCC2=O)C[C@@H]1C1CC1. The van der Waals surface area contributed by atoms with Crippen LogP contribution in [-0.2, 0) is 14.4 Å². The Labute approximate surface area is 136 Å². The highest BCUT2D eigenvalue weighted by Gasteiger charge is 2.46. The third-order valence-electron chi connectivity index (χ3n) is 5.51. The van der Waals surface area contributed by atoms with E-state index in [0.29, 0.717) is 32.0 Å². The first-order valence-corrected chi connectivity index (χ1v) is 8.84. The first-order valence-electron chi connectivity index (χ1n) is 8.84. The third-order valence-corrected chi connectivity index (χ3v) is 5.51. The molecule has 2 heterocycles. The van der Waals surface area contributed by atoms with Crippen LogP contribution >= 0.6 is 0 Å². The van der Waals surface area contributed by atoms with Crippen molar-refractivity contribution in [3.05, 3.63) is 0 Å². The number of aliphatic carboxylic acids is 1. The van der Waals surface area contributed by atoms with Crippen molar-refractivity contribution in [1.82, 2.24) is 9.80 Å². The zero-order valence-corrected chi connectivity index (χ0v) is 13.6. The highest BCUT2D eigenvalue weighted by Crippen LogP contribution is 2.44. The number of hydrogen-bond donors (Lipinski definition) is 1. The smallest absolute Gasteiger partial charge is 0.308 e. The predicted octanol–water partition coefficient (Wildman–Crippen LogP) is 1.35. The van der Waals surface area contributed by atoms with Crippen molar-refractivity contribution in [3.63, 3.8) is 0 Å². The average molecular weight is 322 g/mol. The van der Waals surface area contributed by atoms with Gasteiger partial charge in [0.1, 0.15) is 0 Å². The van der Waals surface area contributed by atoms with E-state index in [-0.39, 0.29) is 24.3 Å². The Morgan fingerprint density at radius 1 is 1.09 bits per heavy atom. The fourth-order valence-electron chi connectivity index (χ4n) is 3.94. The lowest BCUT2D eigenvalue weighted by molar-refractivity contribution is -0.143. The van der Waals surface area contributed by atoms with Gasteiger partial charge in [-0.15, -0.1) is 0 Å². The largest absolute Gasteiger partial charge is 0.481 e. The third kappa shape index (κ3) is 3.85. The summed E-state index contributed by atoms with van der Waals surface area (Å²) in [5.74, 6) is -0.690. The van der Waals surface area contributed by atoms with E-state index in [9.17, 15) is 19.5 Å². The van der Waals surface area contributed by atoms with Crippen molar-refractivity contribution in [2.24, 2.45) is 17.8 Å². The van der Waals surface area contributed by atoms with Crippen molar-refractivity contribution in [2.75, 3.05) is 26.2 Å². The van der Waals surface area contributed by atoms with Gasteiger partial charge >= 0.3 is 5.97 Å². The van der Waals surface area contributed by atoms with E-state index in [1.807, 2.05) is 0 Å². The van der Waals surface area contributed by atoms with Gasteiger partial charge in [-0.3, -0.25) is 14.4 Å². The summed E-state index contributed by atoms with van der Waals surface area (Å²) in [4.78, 5) is 39.5. The molecule has 0 spiro atoms. The summed E-state index contributed by atoms with van der Waals surface area (Å²) >= 11 is 0. The normalized spacial score (nSPS) is 29.3. The summed E-state index contributed by atoms with van der Waals surface area (Å²) in [5, 5.41) is 9.39. The second kappa shape index (κ2) is 6.89. The number of carboxylic acid groups (broad SMARTS) is 1. The van der Waals surface area contributed by atoms with Crippen LogP contribution in [-0.4, -0.2) is 58.9 Å². The van der Waals surface area contributed by atoms with Gasteiger partial charge in [-0.1, -0.05) is 12.8 Å². The molecule has 1 aliphatic carbocycles. The van der Waals surface area contributed by atoms with Gasteiger partial charge in [0, 0.05) is 26.1 Å². The van der Waals surface area contributed by atoms with Crippen LogP contribution in [0.1, 0.15) is 44.9 Å². The van der Waals surface area contributed by atoms with Crippen molar-refractivity contribution < 1.29 is 19.5 Å². The maximum absolute atomic E-state index is 12.6. The van der Waals surface area contributed by atoms with Crippen molar-refractivity contribution in [3.8, 4) is 0 Å². The van der Waals surface area contributed by atoms with Gasteiger partial charge in [0.25, 0.3) is 0 Å². The summed E-state index contributed by atoms with van der Waals surface area (Å²) in [6, 6.07) is 0. The minimum absolute atomic E-state index is 0.0609. The molecule has 0 unspecified atom stereocenters. The van der Waals surface area contributed by atoms with Crippen molar-refractivity contribution in [2.45, 2.75) is 44.9 Å². The van der Waals surface area contributed by atoms with Crippen LogP contribution < -0.4 is 0 Å². The molecule has 2 atom stereocenters. The monoisotopic (exact) mass is 322 g/mol. The molecule has 0 radical (unpaired) electrons. The summed E-state index contributed by atoms with van der Waals surface area (Å²) < 4.78 is 0.